The second-order valence-electron chi connectivity index (χ2n) is 8.35. The summed E-state index contributed by atoms with van der Waals surface area (Å²) in [6.45, 7) is 9.46. The normalized spacial score (nSPS) is 22.7. The average Bonchev–Trinajstić information content (AvgIpc) is 3.38. The summed E-state index contributed by atoms with van der Waals surface area (Å²) in [6.07, 6.45) is 1.78. The lowest BCUT2D eigenvalue weighted by molar-refractivity contribution is -0.139. The summed E-state index contributed by atoms with van der Waals surface area (Å²) < 4.78 is 14.5. The van der Waals surface area contributed by atoms with E-state index in [4.69, 9.17) is 9.47 Å². The summed E-state index contributed by atoms with van der Waals surface area (Å²) in [5, 5.41) is 17.1. The number of tetrazole rings is 1. The molecule has 1 amide bonds. The number of aryl methyl sites for hydroxylation is 2. The van der Waals surface area contributed by atoms with Crippen LogP contribution in [0.3, 0.4) is 0 Å². The Labute approximate surface area is 182 Å². The summed E-state index contributed by atoms with van der Waals surface area (Å²) in [4.78, 5) is 17.6. The number of methoxy groups -OCH3 is 1. The molecule has 0 saturated carbocycles. The van der Waals surface area contributed by atoms with E-state index in [2.05, 4.69) is 25.5 Å². The summed E-state index contributed by atoms with van der Waals surface area (Å²) >= 11 is 0. The fourth-order valence-corrected chi connectivity index (χ4v) is 4.75. The number of piperidine rings is 1. The van der Waals surface area contributed by atoms with Crippen LogP contribution < -0.4 is 0 Å². The van der Waals surface area contributed by atoms with E-state index in [1.54, 1.807) is 11.8 Å². The molecule has 2 aromatic heterocycles. The van der Waals surface area contributed by atoms with Crippen molar-refractivity contribution in [2.45, 2.75) is 45.3 Å². The first-order valence-corrected chi connectivity index (χ1v) is 10.9. The van der Waals surface area contributed by atoms with Gasteiger partial charge in [0.1, 0.15) is 12.1 Å². The number of aromatic nitrogens is 6. The number of rotatable bonds is 7. The Kier molecular flexibility index (Phi) is 6.63. The van der Waals surface area contributed by atoms with Crippen molar-refractivity contribution in [3.63, 3.8) is 0 Å². The van der Waals surface area contributed by atoms with Crippen LogP contribution in [0.15, 0.2) is 6.07 Å². The topological polar surface area (TPSA) is 103 Å². The number of hydrogen-bond donors (Lipinski definition) is 0. The van der Waals surface area contributed by atoms with Crippen molar-refractivity contribution in [1.29, 1.82) is 0 Å². The highest BCUT2D eigenvalue weighted by Gasteiger charge is 2.47. The van der Waals surface area contributed by atoms with Gasteiger partial charge in [-0.3, -0.25) is 14.4 Å². The zero-order chi connectivity index (χ0) is 21.8. The molecule has 2 aliphatic heterocycles. The molecule has 0 bridgehead atoms. The van der Waals surface area contributed by atoms with E-state index in [1.165, 1.54) is 0 Å². The van der Waals surface area contributed by atoms with Crippen LogP contribution >= 0.6 is 0 Å². The van der Waals surface area contributed by atoms with Gasteiger partial charge in [0.2, 0.25) is 5.91 Å². The Hall–Kier alpha value is -2.37. The summed E-state index contributed by atoms with van der Waals surface area (Å²) in [6, 6.07) is 1.99. The van der Waals surface area contributed by atoms with E-state index in [9.17, 15) is 4.79 Å². The lowest BCUT2D eigenvalue weighted by atomic mass is 9.85. The molecule has 0 aliphatic carbocycles. The molecule has 170 valence electrons. The molecule has 11 nitrogen and oxygen atoms in total. The van der Waals surface area contributed by atoms with Crippen LogP contribution in [0.4, 0.5) is 0 Å². The lowest BCUT2D eigenvalue weighted by Gasteiger charge is -2.49. The summed E-state index contributed by atoms with van der Waals surface area (Å²) in [5.41, 5.74) is 1.47. The third kappa shape index (κ3) is 4.48. The van der Waals surface area contributed by atoms with E-state index in [1.807, 2.05) is 29.5 Å². The molecule has 11 heteroatoms. The average molecular weight is 433 g/mol. The van der Waals surface area contributed by atoms with Crippen LogP contribution in [0.2, 0.25) is 0 Å². The Morgan fingerprint density at radius 1 is 1.23 bits per heavy atom. The van der Waals surface area contributed by atoms with Crippen molar-refractivity contribution in [2.75, 3.05) is 53.1 Å². The minimum Gasteiger partial charge on any atom is -0.383 e. The second kappa shape index (κ2) is 9.41. The van der Waals surface area contributed by atoms with Crippen molar-refractivity contribution in [1.82, 2.24) is 39.8 Å². The molecule has 2 fully saturated rings. The zero-order valence-corrected chi connectivity index (χ0v) is 18.7. The molecule has 2 aliphatic rings. The minimum absolute atomic E-state index is 0.0689. The maximum Gasteiger partial charge on any atom is 0.244 e. The maximum atomic E-state index is 13.3. The first-order chi connectivity index (χ1) is 15.0. The van der Waals surface area contributed by atoms with E-state index < -0.39 is 5.54 Å². The van der Waals surface area contributed by atoms with Gasteiger partial charge in [0.05, 0.1) is 32.1 Å². The second-order valence-corrected chi connectivity index (χ2v) is 8.35. The molecule has 0 unspecified atom stereocenters. The number of ether oxygens (including phenoxy) is 2. The molecular formula is C20H32N8O3. The molecule has 4 rings (SSSR count). The smallest absolute Gasteiger partial charge is 0.244 e. The molecule has 1 atom stereocenters. The predicted octanol–water partition coefficient (Wildman–Crippen LogP) is -0.0171. The van der Waals surface area contributed by atoms with Crippen LogP contribution in [-0.4, -0.2) is 98.8 Å². The highest BCUT2D eigenvalue weighted by atomic mass is 16.5. The number of likely N-dealkylation sites (tertiary alicyclic amines) is 1. The number of hydrogen-bond acceptors (Lipinski definition) is 8. The number of amides is 1. The third-order valence-corrected chi connectivity index (χ3v) is 6.28. The Balaban J connectivity index is 1.61. The fraction of sp³-hybridized carbons (Fsp3) is 0.750. The summed E-state index contributed by atoms with van der Waals surface area (Å²) in [5.74, 6) is 0.870. The first-order valence-electron chi connectivity index (χ1n) is 10.9. The van der Waals surface area contributed by atoms with E-state index in [0.29, 0.717) is 32.9 Å². The van der Waals surface area contributed by atoms with Gasteiger partial charge in [-0.2, -0.15) is 5.10 Å². The minimum atomic E-state index is -0.440. The number of carbonyl (C=O) groups excluding carboxylic acids is 1. The van der Waals surface area contributed by atoms with E-state index in [-0.39, 0.29) is 12.5 Å². The third-order valence-electron chi connectivity index (χ3n) is 6.28. The number of morpholine rings is 1. The molecule has 0 radical (unpaired) electrons. The number of carbonyl (C=O) groups is 1. The zero-order valence-electron chi connectivity index (χ0n) is 18.7. The Morgan fingerprint density at radius 3 is 2.74 bits per heavy atom. The SMILES string of the molecule is COCCn1nnnc1[C@]1(N2CCOCC2)CCCN(C(=O)Cn2nc(C)cc2C)C1. The van der Waals surface area contributed by atoms with Gasteiger partial charge in [-0.15, -0.1) is 5.10 Å². The fourth-order valence-electron chi connectivity index (χ4n) is 4.75. The van der Waals surface area contributed by atoms with Crippen molar-refractivity contribution < 1.29 is 14.3 Å². The first kappa shape index (κ1) is 21.8. The molecule has 2 aromatic rings. The van der Waals surface area contributed by atoms with Crippen molar-refractivity contribution in [3.05, 3.63) is 23.3 Å². The van der Waals surface area contributed by atoms with E-state index in [0.717, 1.165) is 49.7 Å². The van der Waals surface area contributed by atoms with Gasteiger partial charge in [0.15, 0.2) is 5.82 Å². The van der Waals surface area contributed by atoms with Gasteiger partial charge in [0.25, 0.3) is 0 Å². The van der Waals surface area contributed by atoms with Crippen LogP contribution in [0.5, 0.6) is 0 Å². The van der Waals surface area contributed by atoms with Crippen LogP contribution in [0, 0.1) is 13.8 Å². The predicted molar refractivity (Wildman–Crippen MR) is 111 cm³/mol. The highest BCUT2D eigenvalue weighted by molar-refractivity contribution is 5.76. The molecule has 2 saturated heterocycles. The van der Waals surface area contributed by atoms with Gasteiger partial charge in [-0.05, 0) is 43.2 Å². The Morgan fingerprint density at radius 2 is 2.03 bits per heavy atom. The molecule has 0 N–H and O–H groups in total. The van der Waals surface area contributed by atoms with E-state index >= 15 is 0 Å². The van der Waals surface area contributed by atoms with Gasteiger partial charge >= 0.3 is 0 Å². The van der Waals surface area contributed by atoms with Crippen molar-refractivity contribution in [3.8, 4) is 0 Å². The van der Waals surface area contributed by atoms with Crippen molar-refractivity contribution >= 4 is 5.91 Å². The number of nitrogens with zero attached hydrogens (tertiary/aromatic N) is 8. The molecule has 31 heavy (non-hydrogen) atoms. The lowest BCUT2D eigenvalue weighted by Crippen LogP contribution is -2.61. The largest absolute Gasteiger partial charge is 0.383 e. The van der Waals surface area contributed by atoms with Crippen LogP contribution in [0.25, 0.3) is 0 Å². The Bertz CT molecular complexity index is 891. The van der Waals surface area contributed by atoms with Gasteiger partial charge in [-0.1, -0.05) is 0 Å². The maximum absolute atomic E-state index is 13.3. The van der Waals surface area contributed by atoms with Gasteiger partial charge in [-0.25, -0.2) is 4.68 Å². The quantitative estimate of drug-likeness (QED) is 0.602. The van der Waals surface area contributed by atoms with Gasteiger partial charge < -0.3 is 14.4 Å². The molecule has 4 heterocycles. The van der Waals surface area contributed by atoms with Crippen molar-refractivity contribution in [2.24, 2.45) is 0 Å². The standard InChI is InChI=1S/C20H32N8O3/c1-16-13-17(2)28(22-16)14-18(29)25-6-4-5-20(15-25,26-7-11-31-12-8-26)19-21-23-24-27(19)9-10-30-3/h13H,4-12,14-15H2,1-3H3/t20-/m0/s1. The summed E-state index contributed by atoms with van der Waals surface area (Å²) in [7, 11) is 1.67. The molecule has 0 spiro atoms. The molecule has 0 aromatic carbocycles. The van der Waals surface area contributed by atoms with Crippen LogP contribution in [0.1, 0.15) is 30.1 Å². The monoisotopic (exact) mass is 432 g/mol. The van der Waals surface area contributed by atoms with Crippen LogP contribution in [-0.2, 0) is 32.9 Å². The van der Waals surface area contributed by atoms with Gasteiger partial charge in [0, 0.05) is 39.0 Å². The molecular weight excluding hydrogens is 400 g/mol. The highest BCUT2D eigenvalue weighted by Crippen LogP contribution is 2.37.